The fourth-order valence-corrected chi connectivity index (χ4v) is 5.07. The van der Waals surface area contributed by atoms with Gasteiger partial charge in [-0.05, 0) is 43.3 Å². The number of anilines is 2. The molecule has 0 spiro atoms. The lowest BCUT2D eigenvalue weighted by atomic mass is 10.2. The van der Waals surface area contributed by atoms with E-state index in [1.807, 2.05) is 60.4 Å². The van der Waals surface area contributed by atoms with E-state index in [4.69, 9.17) is 4.74 Å². The Labute approximate surface area is 219 Å². The molecule has 1 aliphatic rings. The van der Waals surface area contributed by atoms with Gasteiger partial charge < -0.3 is 19.9 Å². The number of nitrogens with one attached hydrogen (secondary N) is 1. The van der Waals surface area contributed by atoms with E-state index in [2.05, 4.69) is 20.4 Å². The molecular weight excluding hydrogens is 488 g/mol. The Morgan fingerprint density at radius 3 is 2.49 bits per heavy atom. The van der Waals surface area contributed by atoms with Crippen LogP contribution in [0.2, 0.25) is 0 Å². The van der Waals surface area contributed by atoms with Crippen LogP contribution in [0.1, 0.15) is 15.9 Å². The van der Waals surface area contributed by atoms with Gasteiger partial charge in [-0.2, -0.15) is 0 Å². The molecule has 3 heterocycles. The van der Waals surface area contributed by atoms with Gasteiger partial charge in [-0.1, -0.05) is 41.6 Å². The summed E-state index contributed by atoms with van der Waals surface area (Å²) in [5, 5.41) is 11.9. The van der Waals surface area contributed by atoms with Crippen molar-refractivity contribution >= 4 is 40.6 Å². The highest BCUT2D eigenvalue weighted by Gasteiger charge is 2.23. The Morgan fingerprint density at radius 1 is 0.973 bits per heavy atom. The van der Waals surface area contributed by atoms with Gasteiger partial charge in [0.05, 0.1) is 24.1 Å². The number of nitrogens with zero attached hydrogens (tertiary/aromatic N) is 5. The highest BCUT2D eigenvalue weighted by atomic mass is 32.2. The molecule has 0 atom stereocenters. The summed E-state index contributed by atoms with van der Waals surface area (Å²) in [5.41, 5.74) is 3.99. The number of rotatable bonds is 7. The number of thioether (sulfide) groups is 1. The molecule has 1 saturated heterocycles. The van der Waals surface area contributed by atoms with E-state index in [1.165, 1.54) is 11.8 Å². The van der Waals surface area contributed by atoms with Gasteiger partial charge in [0.25, 0.3) is 5.91 Å². The van der Waals surface area contributed by atoms with Crippen LogP contribution in [0.3, 0.4) is 0 Å². The molecule has 0 radical (unpaired) electrons. The molecule has 0 bridgehead atoms. The van der Waals surface area contributed by atoms with E-state index >= 15 is 0 Å². The molecule has 0 aliphatic carbocycles. The van der Waals surface area contributed by atoms with Crippen LogP contribution in [0.4, 0.5) is 11.4 Å². The Kier molecular flexibility index (Phi) is 7.27. The van der Waals surface area contributed by atoms with Gasteiger partial charge in [-0.25, -0.2) is 0 Å². The first-order valence-corrected chi connectivity index (χ1v) is 13.0. The van der Waals surface area contributed by atoms with E-state index in [0.29, 0.717) is 29.5 Å². The van der Waals surface area contributed by atoms with Gasteiger partial charge in [-0.15, -0.1) is 10.2 Å². The Balaban J connectivity index is 1.19. The third kappa shape index (κ3) is 5.54. The molecule has 9 nitrogen and oxygen atoms in total. The summed E-state index contributed by atoms with van der Waals surface area (Å²) in [7, 11) is 1.67. The molecular formula is C27H28N6O3S. The van der Waals surface area contributed by atoms with Crippen molar-refractivity contribution in [3.05, 3.63) is 78.0 Å². The van der Waals surface area contributed by atoms with Crippen LogP contribution in [0.5, 0.6) is 5.75 Å². The zero-order chi connectivity index (χ0) is 25.8. The minimum atomic E-state index is -0.223. The number of hydrogen-bond donors (Lipinski definition) is 1. The van der Waals surface area contributed by atoms with Crippen LogP contribution in [0, 0.1) is 6.92 Å². The zero-order valence-corrected chi connectivity index (χ0v) is 21.6. The van der Waals surface area contributed by atoms with E-state index in [-0.39, 0.29) is 17.6 Å². The largest absolute Gasteiger partial charge is 0.495 e. The third-order valence-electron chi connectivity index (χ3n) is 6.33. The van der Waals surface area contributed by atoms with Crippen molar-refractivity contribution in [3.63, 3.8) is 0 Å². The Hall–Kier alpha value is -4.05. The minimum absolute atomic E-state index is 0.0506. The molecule has 1 fully saturated rings. The number of piperazine rings is 1. The van der Waals surface area contributed by atoms with Crippen molar-refractivity contribution in [3.8, 4) is 5.75 Å². The van der Waals surface area contributed by atoms with Gasteiger partial charge in [-0.3, -0.25) is 14.0 Å². The number of aryl methyl sites for hydroxylation is 1. The van der Waals surface area contributed by atoms with E-state index in [1.54, 1.807) is 29.8 Å². The maximum Gasteiger partial charge on any atom is 0.257 e. The van der Waals surface area contributed by atoms with Crippen molar-refractivity contribution in [1.29, 1.82) is 0 Å². The van der Waals surface area contributed by atoms with Crippen LogP contribution >= 0.6 is 11.8 Å². The van der Waals surface area contributed by atoms with E-state index in [9.17, 15) is 9.59 Å². The van der Waals surface area contributed by atoms with E-state index < -0.39 is 0 Å². The number of hydrogen-bond acceptors (Lipinski definition) is 7. The predicted molar refractivity (Wildman–Crippen MR) is 145 cm³/mol. The normalized spacial score (nSPS) is 13.6. The smallest absolute Gasteiger partial charge is 0.257 e. The molecule has 2 aromatic heterocycles. The van der Waals surface area contributed by atoms with Gasteiger partial charge in [0.15, 0.2) is 10.8 Å². The van der Waals surface area contributed by atoms with Crippen LogP contribution in [-0.2, 0) is 4.79 Å². The number of amides is 2. The lowest BCUT2D eigenvalue weighted by Crippen LogP contribution is -2.49. The second kappa shape index (κ2) is 10.9. The summed E-state index contributed by atoms with van der Waals surface area (Å²) in [6.07, 6.45) is 1.71. The van der Waals surface area contributed by atoms with Crippen molar-refractivity contribution < 1.29 is 14.3 Å². The number of fused-ring (bicyclic) bond motifs is 1. The Bertz CT molecular complexity index is 1410. The number of pyridine rings is 1. The van der Waals surface area contributed by atoms with Crippen molar-refractivity contribution in [1.82, 2.24) is 19.5 Å². The fraction of sp³-hybridized carbons (Fsp3) is 0.259. The predicted octanol–water partition coefficient (Wildman–Crippen LogP) is 3.74. The molecule has 190 valence electrons. The summed E-state index contributed by atoms with van der Waals surface area (Å²) < 4.78 is 7.23. The fourth-order valence-electron chi connectivity index (χ4n) is 4.25. The lowest BCUT2D eigenvalue weighted by molar-refractivity contribution is -0.128. The third-order valence-corrected chi connectivity index (χ3v) is 7.25. The second-order valence-corrected chi connectivity index (χ2v) is 9.72. The number of methoxy groups -OCH3 is 1. The molecule has 5 rings (SSSR count). The van der Waals surface area contributed by atoms with Crippen molar-refractivity contribution in [2.75, 3.05) is 49.3 Å². The summed E-state index contributed by atoms with van der Waals surface area (Å²) >= 11 is 1.32. The summed E-state index contributed by atoms with van der Waals surface area (Å²) in [6.45, 7) is 4.76. The summed E-state index contributed by atoms with van der Waals surface area (Å²) in [5.74, 6) is 0.910. The standard InChI is InChI=1S/C27H28N6O3S/c1-19-7-10-21(11-8-19)28-26(35)20-9-12-24-29-30-27(33(24)17-20)37-18-25(34)32-15-13-31(14-16-32)22-5-3-4-6-23(22)36-2/h3-12,17H,13-16,18H2,1-2H3,(H,28,35). The maximum atomic E-state index is 12.9. The molecule has 37 heavy (non-hydrogen) atoms. The first kappa shape index (κ1) is 24.6. The van der Waals surface area contributed by atoms with Crippen LogP contribution in [-0.4, -0.2) is 70.4 Å². The summed E-state index contributed by atoms with van der Waals surface area (Å²) in [6, 6.07) is 19.0. The summed E-state index contributed by atoms with van der Waals surface area (Å²) in [4.78, 5) is 29.8. The number of carbonyl (C=O) groups excluding carboxylic acids is 2. The lowest BCUT2D eigenvalue weighted by Gasteiger charge is -2.36. The number of aromatic nitrogens is 3. The van der Waals surface area contributed by atoms with Gasteiger partial charge >= 0.3 is 0 Å². The van der Waals surface area contributed by atoms with Gasteiger partial charge in [0.2, 0.25) is 5.91 Å². The quantitative estimate of drug-likeness (QED) is 0.374. The van der Waals surface area contributed by atoms with Crippen molar-refractivity contribution in [2.45, 2.75) is 12.1 Å². The highest BCUT2D eigenvalue weighted by molar-refractivity contribution is 7.99. The number of benzene rings is 2. The van der Waals surface area contributed by atoms with Crippen molar-refractivity contribution in [2.24, 2.45) is 0 Å². The number of carbonyl (C=O) groups is 2. The van der Waals surface area contributed by atoms with Crippen LogP contribution in [0.25, 0.3) is 5.65 Å². The zero-order valence-electron chi connectivity index (χ0n) is 20.8. The molecule has 4 aromatic rings. The monoisotopic (exact) mass is 516 g/mol. The first-order valence-electron chi connectivity index (χ1n) is 12.0. The molecule has 0 unspecified atom stereocenters. The first-order chi connectivity index (χ1) is 18.0. The van der Waals surface area contributed by atoms with E-state index in [0.717, 1.165) is 35.8 Å². The maximum absolute atomic E-state index is 12.9. The van der Waals surface area contributed by atoms with Crippen LogP contribution < -0.4 is 15.0 Å². The molecule has 1 aliphatic heterocycles. The van der Waals surface area contributed by atoms with Gasteiger partial charge in [0, 0.05) is 38.1 Å². The SMILES string of the molecule is COc1ccccc1N1CCN(C(=O)CSc2nnc3ccc(C(=O)Nc4ccc(C)cc4)cn23)CC1. The number of ether oxygens (including phenoxy) is 1. The molecule has 2 aromatic carbocycles. The average Bonchev–Trinajstić information content (AvgIpc) is 3.35. The molecule has 10 heteroatoms. The van der Waals surface area contributed by atoms with Crippen LogP contribution in [0.15, 0.2) is 72.0 Å². The molecule has 2 amide bonds. The topological polar surface area (TPSA) is 92.1 Å². The van der Waals surface area contributed by atoms with Gasteiger partial charge in [0.1, 0.15) is 5.75 Å². The number of para-hydroxylation sites is 2. The minimum Gasteiger partial charge on any atom is -0.495 e. The Morgan fingerprint density at radius 2 is 1.73 bits per heavy atom. The second-order valence-electron chi connectivity index (χ2n) is 8.78. The highest BCUT2D eigenvalue weighted by Crippen LogP contribution is 2.28. The molecule has 1 N–H and O–H groups in total. The average molecular weight is 517 g/mol. The molecule has 0 saturated carbocycles.